The molecule has 0 aromatic carbocycles. The highest BCUT2D eigenvalue weighted by atomic mass is 16.1. The molecule has 0 radical (unpaired) electrons. The molecule has 0 spiro atoms. The summed E-state index contributed by atoms with van der Waals surface area (Å²) >= 11 is 0. The molecule has 0 unspecified atom stereocenters. The molecule has 0 aliphatic heterocycles. The molecule has 1 aromatic heterocycles. The third kappa shape index (κ3) is 6.74. The van der Waals surface area contributed by atoms with Gasteiger partial charge in [-0.05, 0) is 23.5 Å². The van der Waals surface area contributed by atoms with Crippen molar-refractivity contribution in [2.75, 3.05) is 6.54 Å². The van der Waals surface area contributed by atoms with Crippen molar-refractivity contribution in [3.63, 3.8) is 0 Å². The van der Waals surface area contributed by atoms with Gasteiger partial charge in [-0.15, -0.1) is 0 Å². The number of aromatic nitrogens is 1. The molecule has 1 aromatic rings. The molecule has 1 rings (SSSR count). The van der Waals surface area contributed by atoms with E-state index in [0.717, 1.165) is 18.5 Å². The van der Waals surface area contributed by atoms with E-state index in [9.17, 15) is 4.79 Å². The van der Waals surface area contributed by atoms with Crippen molar-refractivity contribution in [2.45, 2.75) is 71.6 Å². The zero-order chi connectivity index (χ0) is 15.7. The molecule has 0 bridgehead atoms. The van der Waals surface area contributed by atoms with Gasteiger partial charge in [0.05, 0.1) is 5.56 Å². The van der Waals surface area contributed by atoms with Crippen LogP contribution in [-0.4, -0.2) is 17.4 Å². The smallest absolute Gasteiger partial charge is 0.252 e. The first-order valence-electron chi connectivity index (χ1n) is 8.19. The third-order valence-electron chi connectivity index (χ3n) is 3.68. The summed E-state index contributed by atoms with van der Waals surface area (Å²) in [5, 5.41) is 2.99. The highest BCUT2D eigenvalue weighted by molar-refractivity contribution is 5.94. The zero-order valence-electron chi connectivity index (χ0n) is 14.0. The lowest BCUT2D eigenvalue weighted by Gasteiger charge is -2.18. The average molecular weight is 290 g/mol. The number of carbonyl (C=O) groups is 1. The maximum Gasteiger partial charge on any atom is 0.252 e. The molecule has 21 heavy (non-hydrogen) atoms. The minimum atomic E-state index is -0.0119. The largest absolute Gasteiger partial charge is 0.352 e. The van der Waals surface area contributed by atoms with Crippen LogP contribution in [0.25, 0.3) is 0 Å². The normalized spacial score (nSPS) is 11.4. The lowest BCUT2D eigenvalue weighted by atomic mass is 9.87. The van der Waals surface area contributed by atoms with E-state index < -0.39 is 0 Å². The number of nitrogens with one attached hydrogen (secondary N) is 1. The standard InChI is InChI=1S/C18H30N2O/c1-5-6-7-8-9-10-11-20-17(21)15-12-16(14-19-13-15)18(2,3)4/h12-14H,5-11H2,1-4H3,(H,20,21). The Bertz CT molecular complexity index is 435. The van der Waals surface area contributed by atoms with E-state index in [2.05, 4.69) is 38.0 Å². The Morgan fingerprint density at radius 2 is 1.76 bits per heavy atom. The number of hydrogen-bond acceptors (Lipinski definition) is 2. The Morgan fingerprint density at radius 3 is 2.43 bits per heavy atom. The predicted molar refractivity (Wildman–Crippen MR) is 88.6 cm³/mol. The van der Waals surface area contributed by atoms with Gasteiger partial charge in [0.1, 0.15) is 0 Å². The van der Waals surface area contributed by atoms with Crippen molar-refractivity contribution < 1.29 is 4.79 Å². The zero-order valence-corrected chi connectivity index (χ0v) is 14.0. The lowest BCUT2D eigenvalue weighted by molar-refractivity contribution is 0.0952. The van der Waals surface area contributed by atoms with Crippen molar-refractivity contribution in [1.82, 2.24) is 10.3 Å². The van der Waals surface area contributed by atoms with Gasteiger partial charge in [0.15, 0.2) is 0 Å². The van der Waals surface area contributed by atoms with Crippen molar-refractivity contribution in [1.29, 1.82) is 0 Å². The van der Waals surface area contributed by atoms with Gasteiger partial charge in [-0.2, -0.15) is 0 Å². The molecule has 0 saturated heterocycles. The number of amides is 1. The van der Waals surface area contributed by atoms with E-state index in [1.165, 1.54) is 32.1 Å². The number of carbonyl (C=O) groups excluding carboxylic acids is 1. The minimum Gasteiger partial charge on any atom is -0.352 e. The fourth-order valence-electron chi connectivity index (χ4n) is 2.18. The second-order valence-corrected chi connectivity index (χ2v) is 6.74. The summed E-state index contributed by atoms with van der Waals surface area (Å²) in [6, 6.07) is 1.95. The van der Waals surface area contributed by atoms with Crippen molar-refractivity contribution in [3.8, 4) is 0 Å². The van der Waals surface area contributed by atoms with Crippen LogP contribution >= 0.6 is 0 Å². The molecule has 0 aliphatic carbocycles. The van der Waals surface area contributed by atoms with Crippen LogP contribution in [-0.2, 0) is 5.41 Å². The second-order valence-electron chi connectivity index (χ2n) is 6.74. The highest BCUT2D eigenvalue weighted by Gasteiger charge is 2.16. The summed E-state index contributed by atoms with van der Waals surface area (Å²) in [6.07, 6.45) is 10.9. The molecule has 3 heteroatoms. The SMILES string of the molecule is CCCCCCCCNC(=O)c1cncc(C(C)(C)C)c1. The van der Waals surface area contributed by atoms with Crippen molar-refractivity contribution in [3.05, 3.63) is 29.6 Å². The van der Waals surface area contributed by atoms with E-state index in [1.807, 2.05) is 12.3 Å². The van der Waals surface area contributed by atoms with E-state index in [0.29, 0.717) is 5.56 Å². The van der Waals surface area contributed by atoms with Gasteiger partial charge in [-0.25, -0.2) is 0 Å². The summed E-state index contributed by atoms with van der Waals surface area (Å²) in [7, 11) is 0. The Morgan fingerprint density at radius 1 is 1.10 bits per heavy atom. The summed E-state index contributed by atoms with van der Waals surface area (Å²) in [5.41, 5.74) is 1.77. The molecule has 0 aliphatic rings. The summed E-state index contributed by atoms with van der Waals surface area (Å²) in [6.45, 7) is 9.36. The fraction of sp³-hybridized carbons (Fsp3) is 0.667. The van der Waals surface area contributed by atoms with Crippen LogP contribution in [0.3, 0.4) is 0 Å². The molecule has 0 atom stereocenters. The maximum absolute atomic E-state index is 12.1. The quantitative estimate of drug-likeness (QED) is 0.718. The van der Waals surface area contributed by atoms with Gasteiger partial charge in [0, 0.05) is 18.9 Å². The fourth-order valence-corrected chi connectivity index (χ4v) is 2.18. The number of pyridine rings is 1. The van der Waals surface area contributed by atoms with Gasteiger partial charge in [0.25, 0.3) is 5.91 Å². The molecular formula is C18H30N2O. The predicted octanol–water partition coefficient (Wildman–Crippen LogP) is 4.47. The molecule has 118 valence electrons. The topological polar surface area (TPSA) is 42.0 Å². The van der Waals surface area contributed by atoms with Gasteiger partial charge < -0.3 is 5.32 Å². The highest BCUT2D eigenvalue weighted by Crippen LogP contribution is 2.21. The summed E-state index contributed by atoms with van der Waals surface area (Å²) < 4.78 is 0. The summed E-state index contributed by atoms with van der Waals surface area (Å²) in [5.74, 6) is -0.0119. The Labute approximate surface area is 129 Å². The first kappa shape index (κ1) is 17.7. The van der Waals surface area contributed by atoms with Crippen LogP contribution in [0.15, 0.2) is 18.5 Å². The third-order valence-corrected chi connectivity index (χ3v) is 3.68. The molecule has 3 nitrogen and oxygen atoms in total. The van der Waals surface area contributed by atoms with Crippen LogP contribution in [0.1, 0.15) is 82.1 Å². The van der Waals surface area contributed by atoms with E-state index >= 15 is 0 Å². The van der Waals surface area contributed by atoms with Crippen LogP contribution in [0, 0.1) is 0 Å². The molecular weight excluding hydrogens is 260 g/mol. The van der Waals surface area contributed by atoms with Gasteiger partial charge in [-0.1, -0.05) is 59.8 Å². The van der Waals surface area contributed by atoms with E-state index in [1.54, 1.807) is 6.20 Å². The first-order valence-corrected chi connectivity index (χ1v) is 8.19. The molecule has 0 fully saturated rings. The van der Waals surface area contributed by atoms with Crippen LogP contribution < -0.4 is 5.32 Å². The average Bonchev–Trinajstić information content (AvgIpc) is 2.45. The molecule has 1 N–H and O–H groups in total. The van der Waals surface area contributed by atoms with Crippen LogP contribution in [0.4, 0.5) is 0 Å². The number of rotatable bonds is 8. The van der Waals surface area contributed by atoms with Gasteiger partial charge in [-0.3, -0.25) is 9.78 Å². The van der Waals surface area contributed by atoms with E-state index in [4.69, 9.17) is 0 Å². The number of hydrogen-bond donors (Lipinski definition) is 1. The van der Waals surface area contributed by atoms with Gasteiger partial charge in [0.2, 0.25) is 0 Å². The first-order chi connectivity index (χ1) is 9.95. The Balaban J connectivity index is 2.36. The lowest BCUT2D eigenvalue weighted by Crippen LogP contribution is -2.25. The molecule has 0 saturated carbocycles. The van der Waals surface area contributed by atoms with Gasteiger partial charge >= 0.3 is 0 Å². The molecule has 1 heterocycles. The van der Waals surface area contributed by atoms with Crippen LogP contribution in [0.5, 0.6) is 0 Å². The Kier molecular flexibility index (Phi) is 7.41. The monoisotopic (exact) mass is 290 g/mol. The Hall–Kier alpha value is -1.38. The second kappa shape index (κ2) is 8.81. The molecule has 1 amide bonds. The van der Waals surface area contributed by atoms with Crippen molar-refractivity contribution in [2.24, 2.45) is 0 Å². The number of unbranched alkanes of at least 4 members (excludes halogenated alkanes) is 5. The number of nitrogens with zero attached hydrogens (tertiary/aromatic N) is 1. The van der Waals surface area contributed by atoms with E-state index in [-0.39, 0.29) is 11.3 Å². The maximum atomic E-state index is 12.1. The van der Waals surface area contributed by atoms with Crippen molar-refractivity contribution >= 4 is 5.91 Å². The summed E-state index contributed by atoms with van der Waals surface area (Å²) in [4.78, 5) is 16.3. The minimum absolute atomic E-state index is 0.0119. The van der Waals surface area contributed by atoms with Crippen LogP contribution in [0.2, 0.25) is 0 Å².